The first kappa shape index (κ1) is 16.4. The number of halogens is 1. The van der Waals surface area contributed by atoms with E-state index in [1.54, 1.807) is 19.1 Å². The topological polar surface area (TPSA) is 29.5 Å². The molecule has 1 aromatic carbocycles. The molecule has 1 rings (SSSR count). The molecule has 0 aromatic heterocycles. The van der Waals surface area contributed by atoms with Gasteiger partial charge in [0.1, 0.15) is 5.82 Å². The molecule has 0 bridgehead atoms. The third kappa shape index (κ3) is 4.35. The highest BCUT2D eigenvalue weighted by atomic mass is 19.1. The van der Waals surface area contributed by atoms with Crippen molar-refractivity contribution in [3.63, 3.8) is 0 Å². The fraction of sp³-hybridized carbons (Fsp3) is 0.500. The first-order valence-electron chi connectivity index (χ1n) is 6.21. The van der Waals surface area contributed by atoms with Gasteiger partial charge in [0.15, 0.2) is 0 Å². The van der Waals surface area contributed by atoms with E-state index in [-0.39, 0.29) is 5.82 Å². The fourth-order valence-corrected chi connectivity index (χ4v) is 1.41. The summed E-state index contributed by atoms with van der Waals surface area (Å²) in [4.78, 5) is 12.9. The summed E-state index contributed by atoms with van der Waals surface area (Å²) in [5.41, 5.74) is 1.09. The second-order valence-electron chi connectivity index (χ2n) is 3.56. The van der Waals surface area contributed by atoms with Gasteiger partial charge < -0.3 is 4.74 Å². The van der Waals surface area contributed by atoms with Gasteiger partial charge in [-0.25, -0.2) is 9.18 Å². The number of rotatable bonds is 3. The van der Waals surface area contributed by atoms with Crippen molar-refractivity contribution in [1.29, 1.82) is 0 Å². The lowest BCUT2D eigenvalue weighted by Gasteiger charge is -2.20. The van der Waals surface area contributed by atoms with Crippen molar-refractivity contribution in [3.05, 3.63) is 29.6 Å². The van der Waals surface area contributed by atoms with Crippen LogP contribution in [0.2, 0.25) is 0 Å². The molecule has 0 aliphatic carbocycles. The quantitative estimate of drug-likeness (QED) is 0.812. The van der Waals surface area contributed by atoms with Crippen LogP contribution >= 0.6 is 0 Å². The van der Waals surface area contributed by atoms with Crippen LogP contribution in [0.4, 0.5) is 14.9 Å². The lowest BCUT2D eigenvalue weighted by Crippen LogP contribution is -2.31. The van der Waals surface area contributed by atoms with Crippen LogP contribution in [-0.2, 0) is 4.74 Å². The van der Waals surface area contributed by atoms with Gasteiger partial charge in [0, 0.05) is 12.2 Å². The molecular formula is C14H22FNO2. The Kier molecular flexibility index (Phi) is 7.76. The predicted molar refractivity (Wildman–Crippen MR) is 72.5 cm³/mol. The third-order valence-electron chi connectivity index (χ3n) is 2.31. The Bertz CT molecular complexity index is 380. The summed E-state index contributed by atoms with van der Waals surface area (Å²) in [6.45, 7) is 8.14. The maximum absolute atomic E-state index is 13.4. The smallest absolute Gasteiger partial charge is 0.413 e. The first-order chi connectivity index (χ1) is 8.60. The van der Waals surface area contributed by atoms with Gasteiger partial charge in [-0.15, -0.1) is 0 Å². The summed E-state index contributed by atoms with van der Waals surface area (Å²) in [5, 5.41) is 0. The van der Waals surface area contributed by atoms with E-state index in [1.807, 2.05) is 20.8 Å². The molecule has 0 heterocycles. The van der Waals surface area contributed by atoms with E-state index in [4.69, 9.17) is 0 Å². The van der Waals surface area contributed by atoms with Gasteiger partial charge in [0.25, 0.3) is 0 Å². The van der Waals surface area contributed by atoms with E-state index in [1.165, 1.54) is 18.1 Å². The summed E-state index contributed by atoms with van der Waals surface area (Å²) in [6, 6.07) is 4.71. The van der Waals surface area contributed by atoms with Gasteiger partial charge in [-0.2, -0.15) is 0 Å². The van der Waals surface area contributed by atoms with Gasteiger partial charge in [0.2, 0.25) is 0 Å². The Morgan fingerprint density at radius 1 is 1.39 bits per heavy atom. The minimum atomic E-state index is -0.467. The van der Waals surface area contributed by atoms with Crippen LogP contribution in [0.1, 0.15) is 32.8 Å². The Labute approximate surface area is 109 Å². The van der Waals surface area contributed by atoms with E-state index in [0.717, 1.165) is 6.42 Å². The maximum atomic E-state index is 13.4. The number of benzene rings is 1. The monoisotopic (exact) mass is 255 g/mol. The summed E-state index contributed by atoms with van der Waals surface area (Å²) >= 11 is 0. The number of ether oxygens (including phenoxy) is 1. The van der Waals surface area contributed by atoms with Gasteiger partial charge in [-0.05, 0) is 31.0 Å². The average Bonchev–Trinajstić information content (AvgIpc) is 2.41. The molecule has 0 fully saturated rings. The van der Waals surface area contributed by atoms with Gasteiger partial charge >= 0.3 is 6.09 Å². The minimum Gasteiger partial charge on any atom is -0.452 e. The highest BCUT2D eigenvalue weighted by Crippen LogP contribution is 2.19. The number of hydrogen-bond donors (Lipinski definition) is 0. The zero-order valence-corrected chi connectivity index (χ0v) is 11.8. The maximum Gasteiger partial charge on any atom is 0.413 e. The summed E-state index contributed by atoms with van der Waals surface area (Å²) in [7, 11) is 1.32. The summed E-state index contributed by atoms with van der Waals surface area (Å²) < 4.78 is 18.0. The molecule has 0 unspecified atom stereocenters. The van der Waals surface area contributed by atoms with E-state index >= 15 is 0 Å². The Morgan fingerprint density at radius 3 is 2.44 bits per heavy atom. The Balaban J connectivity index is 0.00000137. The second kappa shape index (κ2) is 8.50. The SMILES string of the molecule is CC.CCCN(C(=O)OC)c1ccc(C)c(F)c1. The molecule has 1 amide bonds. The number of carbonyl (C=O) groups is 1. The van der Waals surface area contributed by atoms with Crippen LogP contribution in [0, 0.1) is 12.7 Å². The molecule has 0 atom stereocenters. The molecule has 102 valence electrons. The standard InChI is InChI=1S/C12H16FNO2.C2H6/c1-4-7-14(12(15)16-3)10-6-5-9(2)11(13)8-10;1-2/h5-6,8H,4,7H2,1-3H3;1-2H3. The van der Waals surface area contributed by atoms with E-state index in [0.29, 0.717) is 17.8 Å². The highest BCUT2D eigenvalue weighted by molar-refractivity contribution is 5.87. The lowest BCUT2D eigenvalue weighted by atomic mass is 10.2. The molecule has 1 aromatic rings. The zero-order chi connectivity index (χ0) is 14.1. The number of amides is 1. The number of hydrogen-bond acceptors (Lipinski definition) is 2. The van der Waals surface area contributed by atoms with Crippen molar-refractivity contribution in [2.45, 2.75) is 34.1 Å². The average molecular weight is 255 g/mol. The van der Waals surface area contributed by atoms with E-state index < -0.39 is 6.09 Å². The Morgan fingerprint density at radius 2 is 2.00 bits per heavy atom. The van der Waals surface area contributed by atoms with Crippen molar-refractivity contribution in [2.75, 3.05) is 18.6 Å². The molecule has 4 heteroatoms. The minimum absolute atomic E-state index is 0.317. The Hall–Kier alpha value is -1.58. The van der Waals surface area contributed by atoms with Crippen molar-refractivity contribution in [2.24, 2.45) is 0 Å². The lowest BCUT2D eigenvalue weighted by molar-refractivity contribution is 0.178. The molecule has 3 nitrogen and oxygen atoms in total. The van der Waals surface area contributed by atoms with Crippen LogP contribution < -0.4 is 4.90 Å². The normalized spacial score (nSPS) is 9.22. The van der Waals surface area contributed by atoms with Crippen LogP contribution in [0.15, 0.2) is 18.2 Å². The number of anilines is 1. The number of nitrogens with zero attached hydrogens (tertiary/aromatic N) is 1. The van der Waals surface area contributed by atoms with E-state index in [2.05, 4.69) is 4.74 Å². The van der Waals surface area contributed by atoms with Gasteiger partial charge in [-0.1, -0.05) is 26.8 Å². The van der Waals surface area contributed by atoms with Crippen molar-refractivity contribution >= 4 is 11.8 Å². The third-order valence-corrected chi connectivity index (χ3v) is 2.31. The summed E-state index contributed by atoms with van der Waals surface area (Å²) in [6.07, 6.45) is 0.315. The van der Waals surface area contributed by atoms with Crippen molar-refractivity contribution < 1.29 is 13.9 Å². The molecule has 0 aliphatic heterocycles. The molecule has 18 heavy (non-hydrogen) atoms. The number of methoxy groups -OCH3 is 1. The molecule has 0 aliphatic rings. The molecular weight excluding hydrogens is 233 g/mol. The molecule has 0 saturated carbocycles. The highest BCUT2D eigenvalue weighted by Gasteiger charge is 2.15. The largest absolute Gasteiger partial charge is 0.452 e. The molecule has 0 radical (unpaired) electrons. The second-order valence-corrected chi connectivity index (χ2v) is 3.56. The number of carbonyl (C=O) groups excluding carboxylic acids is 1. The van der Waals surface area contributed by atoms with Crippen LogP contribution in [-0.4, -0.2) is 19.7 Å². The number of aryl methyl sites for hydroxylation is 1. The summed E-state index contributed by atoms with van der Waals surface area (Å²) in [5.74, 6) is -0.317. The van der Waals surface area contributed by atoms with Crippen LogP contribution in [0.5, 0.6) is 0 Å². The van der Waals surface area contributed by atoms with Crippen LogP contribution in [0.3, 0.4) is 0 Å². The van der Waals surface area contributed by atoms with Gasteiger partial charge in [0.05, 0.1) is 7.11 Å². The molecule has 0 N–H and O–H groups in total. The molecule has 0 spiro atoms. The van der Waals surface area contributed by atoms with Crippen LogP contribution in [0.25, 0.3) is 0 Å². The zero-order valence-electron chi connectivity index (χ0n) is 11.8. The van der Waals surface area contributed by atoms with Crippen molar-refractivity contribution in [1.82, 2.24) is 0 Å². The van der Waals surface area contributed by atoms with E-state index in [9.17, 15) is 9.18 Å². The molecule has 0 saturated heterocycles. The predicted octanol–water partition coefficient (Wildman–Crippen LogP) is 4.14. The van der Waals surface area contributed by atoms with Crippen molar-refractivity contribution in [3.8, 4) is 0 Å². The van der Waals surface area contributed by atoms with Gasteiger partial charge in [-0.3, -0.25) is 4.90 Å². The first-order valence-corrected chi connectivity index (χ1v) is 6.21. The fourth-order valence-electron chi connectivity index (χ4n) is 1.41.